The monoisotopic (exact) mass is 291 g/mol. The van der Waals surface area contributed by atoms with Gasteiger partial charge in [0.2, 0.25) is 0 Å². The second kappa shape index (κ2) is 6.57. The zero-order valence-corrected chi connectivity index (χ0v) is 12.4. The molecule has 1 atom stereocenters. The molecule has 1 N–H and O–H groups in total. The first-order valence-electron chi connectivity index (χ1n) is 6.84. The van der Waals surface area contributed by atoms with E-state index in [2.05, 4.69) is 28.3 Å². The molecule has 0 spiro atoms. The Balaban J connectivity index is 2.16. The van der Waals surface area contributed by atoms with Crippen molar-refractivity contribution in [3.8, 4) is 5.75 Å². The van der Waals surface area contributed by atoms with Crippen LogP contribution in [-0.2, 0) is 0 Å². The van der Waals surface area contributed by atoms with E-state index < -0.39 is 6.61 Å². The molecule has 0 fully saturated rings. The minimum atomic E-state index is -2.80. The third kappa shape index (κ3) is 4.18. The molecule has 2 nitrogen and oxygen atoms in total. The van der Waals surface area contributed by atoms with Gasteiger partial charge in [-0.05, 0) is 55.7 Å². The molecule has 0 radical (unpaired) electrons. The molecule has 21 heavy (non-hydrogen) atoms. The van der Waals surface area contributed by atoms with E-state index in [9.17, 15) is 8.78 Å². The Labute approximate surface area is 123 Å². The van der Waals surface area contributed by atoms with Crippen LogP contribution in [0.3, 0.4) is 0 Å². The second-order valence-corrected chi connectivity index (χ2v) is 5.14. The van der Waals surface area contributed by atoms with Crippen molar-refractivity contribution in [1.29, 1.82) is 0 Å². The summed E-state index contributed by atoms with van der Waals surface area (Å²) in [6, 6.07) is 12.9. The molecule has 0 saturated carbocycles. The van der Waals surface area contributed by atoms with E-state index >= 15 is 0 Å². The fourth-order valence-corrected chi connectivity index (χ4v) is 2.17. The summed E-state index contributed by atoms with van der Waals surface area (Å²) in [4.78, 5) is 0. The summed E-state index contributed by atoms with van der Waals surface area (Å²) in [5.74, 6) is 0.178. The number of benzene rings is 2. The lowest BCUT2D eigenvalue weighted by molar-refractivity contribution is -0.0498. The molecule has 0 aliphatic heterocycles. The normalized spacial score (nSPS) is 12.3. The van der Waals surface area contributed by atoms with Gasteiger partial charge < -0.3 is 10.1 Å². The molecule has 0 amide bonds. The third-order valence-electron chi connectivity index (χ3n) is 3.35. The first kappa shape index (κ1) is 15.3. The van der Waals surface area contributed by atoms with Crippen molar-refractivity contribution < 1.29 is 13.5 Å². The highest BCUT2D eigenvalue weighted by Gasteiger charge is 2.10. The maximum atomic E-state index is 12.3. The first-order valence-corrected chi connectivity index (χ1v) is 6.84. The highest BCUT2D eigenvalue weighted by molar-refractivity contribution is 5.54. The van der Waals surface area contributed by atoms with Crippen molar-refractivity contribution in [3.05, 3.63) is 59.2 Å². The van der Waals surface area contributed by atoms with Gasteiger partial charge in [0, 0.05) is 11.7 Å². The minimum Gasteiger partial charge on any atom is -0.435 e. The standard InChI is InChI=1S/C17H19F2NO/c1-11-7-8-12(2)16(9-11)20-13(3)14-5-4-6-15(10-14)21-17(18)19/h4-10,13,17,20H,1-3H3. The molecule has 0 saturated heterocycles. The number of anilines is 1. The second-order valence-electron chi connectivity index (χ2n) is 5.14. The smallest absolute Gasteiger partial charge is 0.387 e. The van der Waals surface area contributed by atoms with E-state index in [1.54, 1.807) is 12.1 Å². The van der Waals surface area contributed by atoms with Crippen molar-refractivity contribution in [1.82, 2.24) is 0 Å². The van der Waals surface area contributed by atoms with Crippen LogP contribution in [0.25, 0.3) is 0 Å². The SMILES string of the molecule is Cc1ccc(C)c(NC(C)c2cccc(OC(F)F)c2)c1. The molecule has 2 rings (SSSR count). The zero-order chi connectivity index (χ0) is 15.4. The van der Waals surface area contributed by atoms with Crippen LogP contribution in [0.15, 0.2) is 42.5 Å². The largest absolute Gasteiger partial charge is 0.435 e. The maximum absolute atomic E-state index is 12.3. The van der Waals surface area contributed by atoms with Crippen molar-refractivity contribution in [2.24, 2.45) is 0 Å². The lowest BCUT2D eigenvalue weighted by atomic mass is 10.1. The number of alkyl halides is 2. The number of aryl methyl sites for hydroxylation is 2. The van der Waals surface area contributed by atoms with Crippen LogP contribution in [0, 0.1) is 13.8 Å². The predicted octanol–water partition coefficient (Wildman–Crippen LogP) is 5.08. The van der Waals surface area contributed by atoms with E-state index in [0.717, 1.165) is 16.8 Å². The summed E-state index contributed by atoms with van der Waals surface area (Å²) in [6.45, 7) is 3.25. The molecule has 0 bridgehead atoms. The van der Waals surface area contributed by atoms with Crippen molar-refractivity contribution in [2.75, 3.05) is 5.32 Å². The van der Waals surface area contributed by atoms with Gasteiger partial charge >= 0.3 is 6.61 Å². The molecule has 2 aromatic rings. The van der Waals surface area contributed by atoms with Crippen molar-refractivity contribution in [3.63, 3.8) is 0 Å². The Morgan fingerprint density at radius 1 is 1.05 bits per heavy atom. The van der Waals surface area contributed by atoms with Gasteiger partial charge in [0.25, 0.3) is 0 Å². The molecule has 1 unspecified atom stereocenters. The highest BCUT2D eigenvalue weighted by atomic mass is 19.3. The van der Waals surface area contributed by atoms with Gasteiger partial charge in [0.1, 0.15) is 5.75 Å². The summed E-state index contributed by atoms with van der Waals surface area (Å²) in [5.41, 5.74) is 4.26. The third-order valence-corrected chi connectivity index (χ3v) is 3.35. The molecular formula is C17H19F2NO. The van der Waals surface area contributed by atoms with Crippen LogP contribution < -0.4 is 10.1 Å². The average Bonchev–Trinajstić information content (AvgIpc) is 2.42. The van der Waals surface area contributed by atoms with E-state index in [1.165, 1.54) is 11.6 Å². The lowest BCUT2D eigenvalue weighted by Crippen LogP contribution is -2.09. The molecule has 0 heterocycles. The quantitative estimate of drug-likeness (QED) is 0.829. The fraction of sp³-hybridized carbons (Fsp3) is 0.294. The molecule has 4 heteroatoms. The van der Waals surface area contributed by atoms with E-state index in [-0.39, 0.29) is 11.8 Å². The topological polar surface area (TPSA) is 21.3 Å². The number of ether oxygens (including phenoxy) is 1. The van der Waals surface area contributed by atoms with Crippen LogP contribution in [0.5, 0.6) is 5.75 Å². The highest BCUT2D eigenvalue weighted by Crippen LogP contribution is 2.25. The van der Waals surface area contributed by atoms with Crippen LogP contribution >= 0.6 is 0 Å². The number of hydrogen-bond donors (Lipinski definition) is 1. The summed E-state index contributed by atoms with van der Waals surface area (Å²) in [5, 5.41) is 3.40. The van der Waals surface area contributed by atoms with Gasteiger partial charge in [-0.25, -0.2) is 0 Å². The Morgan fingerprint density at radius 3 is 2.52 bits per heavy atom. The van der Waals surface area contributed by atoms with E-state index in [4.69, 9.17) is 0 Å². The first-order chi connectivity index (χ1) is 9.95. The molecule has 0 aliphatic rings. The Kier molecular flexibility index (Phi) is 4.78. The van der Waals surface area contributed by atoms with Crippen LogP contribution in [-0.4, -0.2) is 6.61 Å². The average molecular weight is 291 g/mol. The molecular weight excluding hydrogens is 272 g/mol. The number of rotatable bonds is 5. The zero-order valence-electron chi connectivity index (χ0n) is 12.4. The van der Waals surface area contributed by atoms with E-state index in [0.29, 0.717) is 0 Å². The van der Waals surface area contributed by atoms with Gasteiger partial charge in [-0.3, -0.25) is 0 Å². The Morgan fingerprint density at radius 2 is 1.81 bits per heavy atom. The van der Waals surface area contributed by atoms with Crippen molar-refractivity contribution >= 4 is 5.69 Å². The minimum absolute atomic E-state index is 0.00766. The number of hydrogen-bond acceptors (Lipinski definition) is 2. The summed E-state index contributed by atoms with van der Waals surface area (Å²) in [6.07, 6.45) is 0. The molecule has 0 aromatic heterocycles. The van der Waals surface area contributed by atoms with Gasteiger partial charge in [-0.2, -0.15) is 8.78 Å². The van der Waals surface area contributed by atoms with E-state index in [1.807, 2.05) is 26.8 Å². The van der Waals surface area contributed by atoms with Crippen molar-refractivity contribution in [2.45, 2.75) is 33.4 Å². The van der Waals surface area contributed by atoms with Gasteiger partial charge in [-0.1, -0.05) is 24.3 Å². The predicted molar refractivity (Wildman–Crippen MR) is 81.0 cm³/mol. The Bertz CT molecular complexity index is 613. The molecule has 0 aliphatic carbocycles. The lowest BCUT2D eigenvalue weighted by Gasteiger charge is -2.18. The molecule has 2 aromatic carbocycles. The van der Waals surface area contributed by atoms with Crippen LogP contribution in [0.4, 0.5) is 14.5 Å². The Hall–Kier alpha value is -2.10. The molecule has 112 valence electrons. The van der Waals surface area contributed by atoms with Gasteiger partial charge in [-0.15, -0.1) is 0 Å². The number of halogens is 2. The fourth-order valence-electron chi connectivity index (χ4n) is 2.17. The van der Waals surface area contributed by atoms with Crippen LogP contribution in [0.2, 0.25) is 0 Å². The summed E-state index contributed by atoms with van der Waals surface area (Å²) < 4.78 is 29.0. The van der Waals surface area contributed by atoms with Crippen LogP contribution in [0.1, 0.15) is 29.7 Å². The van der Waals surface area contributed by atoms with Gasteiger partial charge in [0.05, 0.1) is 0 Å². The summed E-state index contributed by atoms with van der Waals surface area (Å²) >= 11 is 0. The summed E-state index contributed by atoms with van der Waals surface area (Å²) in [7, 11) is 0. The van der Waals surface area contributed by atoms with Gasteiger partial charge in [0.15, 0.2) is 0 Å². The number of nitrogens with one attached hydrogen (secondary N) is 1. The maximum Gasteiger partial charge on any atom is 0.387 e.